The van der Waals surface area contributed by atoms with Crippen LogP contribution in [0.4, 0.5) is 5.69 Å². The highest BCUT2D eigenvalue weighted by molar-refractivity contribution is 6.05. The maximum absolute atomic E-state index is 12.6. The van der Waals surface area contributed by atoms with Crippen LogP contribution in [-0.4, -0.2) is 26.5 Å². The summed E-state index contributed by atoms with van der Waals surface area (Å²) in [4.78, 5) is 21.4. The molecule has 1 N–H and O–H groups in total. The summed E-state index contributed by atoms with van der Waals surface area (Å²) in [7, 11) is 0. The third-order valence-electron chi connectivity index (χ3n) is 5.33. The number of pyridine rings is 1. The van der Waals surface area contributed by atoms with Crippen LogP contribution in [0.1, 0.15) is 54.9 Å². The molecule has 2 heterocycles. The van der Waals surface area contributed by atoms with Gasteiger partial charge in [0.05, 0.1) is 18.0 Å². The number of nitrogens with one attached hydrogen (secondary N) is 1. The summed E-state index contributed by atoms with van der Waals surface area (Å²) in [6.45, 7) is 0. The Labute approximate surface area is 157 Å². The van der Waals surface area contributed by atoms with E-state index in [1.807, 2.05) is 30.6 Å². The van der Waals surface area contributed by atoms with Crippen LogP contribution < -0.4 is 10.1 Å². The molecule has 0 radical (unpaired) electrons. The number of hydrogen-bond donors (Lipinski definition) is 1. The molecule has 27 heavy (non-hydrogen) atoms. The van der Waals surface area contributed by atoms with Crippen molar-refractivity contribution in [2.24, 2.45) is 0 Å². The third kappa shape index (κ3) is 3.39. The van der Waals surface area contributed by atoms with Gasteiger partial charge in [0.2, 0.25) is 0 Å². The minimum atomic E-state index is -0.185. The molecule has 0 aliphatic heterocycles. The average molecular weight is 362 g/mol. The summed E-state index contributed by atoms with van der Waals surface area (Å²) in [5, 5.41) is 2.92. The molecular weight excluding hydrogens is 340 g/mol. The zero-order chi connectivity index (χ0) is 18.2. The van der Waals surface area contributed by atoms with Crippen molar-refractivity contribution in [3.8, 4) is 5.75 Å². The zero-order valence-electron chi connectivity index (χ0n) is 15.1. The van der Waals surface area contributed by atoms with Gasteiger partial charge in [-0.3, -0.25) is 4.79 Å². The Morgan fingerprint density at radius 1 is 1.07 bits per heavy atom. The minimum Gasteiger partial charge on any atom is -0.490 e. The molecule has 1 aromatic carbocycles. The molecule has 6 heteroatoms. The molecule has 2 saturated carbocycles. The van der Waals surface area contributed by atoms with E-state index in [9.17, 15) is 4.79 Å². The van der Waals surface area contributed by atoms with Gasteiger partial charge >= 0.3 is 0 Å². The molecule has 0 saturated heterocycles. The number of benzene rings is 1. The maximum atomic E-state index is 12.6. The van der Waals surface area contributed by atoms with Gasteiger partial charge in [-0.1, -0.05) is 0 Å². The van der Waals surface area contributed by atoms with E-state index in [0.29, 0.717) is 17.7 Å². The van der Waals surface area contributed by atoms with E-state index in [-0.39, 0.29) is 5.91 Å². The number of nitrogens with zero attached hydrogens (tertiary/aromatic N) is 3. The highest BCUT2D eigenvalue weighted by Gasteiger charge is 2.25. The molecule has 2 fully saturated rings. The van der Waals surface area contributed by atoms with Crippen LogP contribution in [0.15, 0.2) is 42.9 Å². The number of amides is 1. The van der Waals surface area contributed by atoms with Crippen LogP contribution in [0, 0.1) is 0 Å². The molecule has 5 rings (SSSR count). The molecular formula is C21H22N4O2. The van der Waals surface area contributed by atoms with E-state index in [0.717, 1.165) is 35.4 Å². The van der Waals surface area contributed by atoms with Gasteiger partial charge in [-0.25, -0.2) is 9.97 Å². The van der Waals surface area contributed by atoms with Crippen molar-refractivity contribution in [2.75, 3.05) is 5.32 Å². The Bertz CT molecular complexity index is 970. The molecule has 3 aromatic rings. The molecule has 138 valence electrons. The van der Waals surface area contributed by atoms with E-state index in [1.165, 1.54) is 25.7 Å². The lowest BCUT2D eigenvalue weighted by atomic mass is 10.2. The number of ether oxygens (including phenoxy) is 1. The second-order valence-corrected chi connectivity index (χ2v) is 7.45. The van der Waals surface area contributed by atoms with E-state index < -0.39 is 0 Å². The highest BCUT2D eigenvalue weighted by Crippen LogP contribution is 2.36. The molecule has 2 aliphatic rings. The van der Waals surface area contributed by atoms with Gasteiger partial charge in [-0.15, -0.1) is 0 Å². The van der Waals surface area contributed by atoms with Crippen molar-refractivity contribution < 1.29 is 9.53 Å². The quantitative estimate of drug-likeness (QED) is 0.733. The van der Waals surface area contributed by atoms with E-state index in [4.69, 9.17) is 4.74 Å². The van der Waals surface area contributed by atoms with Gasteiger partial charge in [0.15, 0.2) is 5.65 Å². The second-order valence-electron chi connectivity index (χ2n) is 7.45. The van der Waals surface area contributed by atoms with Gasteiger partial charge in [0.1, 0.15) is 11.3 Å². The van der Waals surface area contributed by atoms with Gasteiger partial charge in [0.25, 0.3) is 5.91 Å². The minimum absolute atomic E-state index is 0.185. The van der Waals surface area contributed by atoms with Crippen LogP contribution >= 0.6 is 0 Å². The van der Waals surface area contributed by atoms with Crippen LogP contribution in [-0.2, 0) is 0 Å². The van der Waals surface area contributed by atoms with Crippen molar-refractivity contribution in [1.29, 1.82) is 0 Å². The fourth-order valence-corrected chi connectivity index (χ4v) is 3.68. The molecule has 0 unspecified atom stereocenters. The Morgan fingerprint density at radius 2 is 1.85 bits per heavy atom. The summed E-state index contributed by atoms with van der Waals surface area (Å²) in [6, 6.07) is 9.88. The Hall–Kier alpha value is -2.89. The maximum Gasteiger partial charge on any atom is 0.257 e. The number of fused-ring (bicyclic) bond motifs is 1. The largest absolute Gasteiger partial charge is 0.490 e. The third-order valence-corrected chi connectivity index (χ3v) is 5.33. The summed E-state index contributed by atoms with van der Waals surface area (Å²) in [5.74, 6) is 0.670. The summed E-state index contributed by atoms with van der Waals surface area (Å²) in [6.07, 6.45) is 10.9. The average Bonchev–Trinajstić information content (AvgIpc) is 3.24. The Kier molecular flexibility index (Phi) is 4.03. The van der Waals surface area contributed by atoms with Gasteiger partial charge < -0.3 is 14.6 Å². The lowest BCUT2D eigenvalue weighted by Crippen LogP contribution is -2.13. The van der Waals surface area contributed by atoms with Crippen molar-refractivity contribution in [3.63, 3.8) is 0 Å². The Morgan fingerprint density at radius 3 is 2.59 bits per heavy atom. The van der Waals surface area contributed by atoms with E-state index >= 15 is 0 Å². The smallest absolute Gasteiger partial charge is 0.257 e. The fraction of sp³-hybridized carbons (Fsp3) is 0.381. The van der Waals surface area contributed by atoms with Crippen molar-refractivity contribution in [1.82, 2.24) is 14.5 Å². The number of aromatic nitrogens is 3. The first-order valence-electron chi connectivity index (χ1n) is 9.67. The molecule has 0 spiro atoms. The first-order chi connectivity index (χ1) is 13.3. The standard InChI is InChI=1S/C21H22N4O2/c26-21(14-11-19-20(22-12-14)25(13-23-19)16-7-8-16)24-15-5-9-18(10-6-15)27-17-3-1-2-4-17/h5-6,9-13,16-17H,1-4,7-8H2,(H,24,26). The van der Waals surface area contributed by atoms with Crippen LogP contribution in [0.3, 0.4) is 0 Å². The normalized spacial score (nSPS) is 17.3. The lowest BCUT2D eigenvalue weighted by Gasteiger charge is -2.13. The van der Waals surface area contributed by atoms with Crippen LogP contribution in [0.25, 0.3) is 11.2 Å². The first kappa shape index (κ1) is 16.3. The topological polar surface area (TPSA) is 69.0 Å². The Balaban J connectivity index is 1.27. The van der Waals surface area contributed by atoms with Gasteiger partial charge in [-0.05, 0) is 68.9 Å². The number of anilines is 1. The highest BCUT2D eigenvalue weighted by atomic mass is 16.5. The molecule has 0 bridgehead atoms. The number of imidazole rings is 1. The van der Waals surface area contributed by atoms with E-state index in [1.54, 1.807) is 12.3 Å². The summed E-state index contributed by atoms with van der Waals surface area (Å²) < 4.78 is 8.06. The number of rotatable bonds is 5. The molecule has 1 amide bonds. The van der Waals surface area contributed by atoms with Gasteiger partial charge in [0, 0.05) is 17.9 Å². The SMILES string of the molecule is O=C(Nc1ccc(OC2CCCC2)cc1)c1cnc2c(c1)ncn2C1CC1. The second kappa shape index (κ2) is 6.68. The monoisotopic (exact) mass is 362 g/mol. The van der Waals surface area contributed by atoms with Crippen molar-refractivity contribution in [3.05, 3.63) is 48.4 Å². The predicted octanol–water partition coefficient (Wildman–Crippen LogP) is 4.34. The first-order valence-corrected chi connectivity index (χ1v) is 9.67. The number of carbonyl (C=O) groups excluding carboxylic acids is 1. The predicted molar refractivity (Wildman–Crippen MR) is 103 cm³/mol. The van der Waals surface area contributed by atoms with Crippen molar-refractivity contribution >= 4 is 22.8 Å². The molecule has 2 aliphatic carbocycles. The zero-order valence-corrected chi connectivity index (χ0v) is 15.1. The molecule has 0 atom stereocenters. The number of hydrogen-bond acceptors (Lipinski definition) is 4. The fourth-order valence-electron chi connectivity index (χ4n) is 3.68. The van der Waals surface area contributed by atoms with Gasteiger partial charge in [-0.2, -0.15) is 0 Å². The molecule has 6 nitrogen and oxygen atoms in total. The van der Waals surface area contributed by atoms with E-state index in [2.05, 4.69) is 19.9 Å². The summed E-state index contributed by atoms with van der Waals surface area (Å²) >= 11 is 0. The van der Waals surface area contributed by atoms with Crippen LogP contribution in [0.2, 0.25) is 0 Å². The number of carbonyl (C=O) groups is 1. The lowest BCUT2D eigenvalue weighted by molar-refractivity contribution is 0.102. The van der Waals surface area contributed by atoms with Crippen LogP contribution in [0.5, 0.6) is 5.75 Å². The van der Waals surface area contributed by atoms with Crippen molar-refractivity contribution in [2.45, 2.75) is 50.7 Å². The molecule has 2 aromatic heterocycles. The summed E-state index contributed by atoms with van der Waals surface area (Å²) in [5.41, 5.74) is 2.86.